The molecule has 0 amide bonds. The van der Waals surface area contributed by atoms with Gasteiger partial charge in [-0.3, -0.25) is 4.79 Å². The fraction of sp³-hybridized carbons (Fsp3) is 0.462. The summed E-state index contributed by atoms with van der Waals surface area (Å²) in [7, 11) is 1.29. The van der Waals surface area contributed by atoms with Crippen molar-refractivity contribution in [1.29, 1.82) is 0 Å². The Morgan fingerprint density at radius 1 is 1.42 bits per heavy atom. The van der Waals surface area contributed by atoms with Crippen LogP contribution in [0, 0.1) is 0 Å². The number of ether oxygens (including phenoxy) is 1. The van der Waals surface area contributed by atoms with E-state index in [0.717, 1.165) is 12.1 Å². The topological polar surface area (TPSA) is 38.3 Å². The number of hydrogen-bond donors (Lipinski definition) is 1. The Morgan fingerprint density at radius 2 is 2.11 bits per heavy atom. The average molecular weight is 275 g/mol. The average Bonchev–Trinajstić information content (AvgIpc) is 2.37. The Morgan fingerprint density at radius 3 is 2.68 bits per heavy atom. The predicted octanol–water partition coefficient (Wildman–Crippen LogP) is 2.92. The molecule has 6 heteroatoms. The smallest absolute Gasteiger partial charge is 0.416 e. The number of halogens is 3. The lowest BCUT2D eigenvalue weighted by atomic mass is 10.0. The molecule has 1 atom stereocenters. The van der Waals surface area contributed by atoms with Crippen molar-refractivity contribution in [3.63, 3.8) is 0 Å². The lowest BCUT2D eigenvalue weighted by molar-refractivity contribution is -0.140. The SMILES string of the molecule is COC(=O)CCNC(C)c1cccc(C(F)(F)F)c1. The lowest BCUT2D eigenvalue weighted by Gasteiger charge is -2.15. The summed E-state index contributed by atoms with van der Waals surface area (Å²) in [6, 6.07) is 4.86. The van der Waals surface area contributed by atoms with Crippen molar-refractivity contribution in [2.24, 2.45) is 0 Å². The Balaban J connectivity index is 2.62. The van der Waals surface area contributed by atoms with Gasteiger partial charge < -0.3 is 10.1 Å². The number of nitrogens with one attached hydrogen (secondary N) is 1. The number of methoxy groups -OCH3 is 1. The van der Waals surface area contributed by atoms with Gasteiger partial charge >= 0.3 is 12.1 Å². The first kappa shape index (κ1) is 15.5. The normalized spacial score (nSPS) is 13.1. The zero-order chi connectivity index (χ0) is 14.5. The third-order valence-corrected chi connectivity index (χ3v) is 2.72. The van der Waals surface area contributed by atoms with Gasteiger partial charge in [-0.1, -0.05) is 12.1 Å². The molecule has 1 unspecified atom stereocenters. The van der Waals surface area contributed by atoms with Crippen molar-refractivity contribution >= 4 is 5.97 Å². The van der Waals surface area contributed by atoms with Crippen LogP contribution < -0.4 is 5.32 Å². The lowest BCUT2D eigenvalue weighted by Crippen LogP contribution is -2.22. The molecule has 19 heavy (non-hydrogen) atoms. The summed E-state index contributed by atoms with van der Waals surface area (Å²) in [6.07, 6.45) is -4.17. The number of carbonyl (C=O) groups is 1. The monoisotopic (exact) mass is 275 g/mol. The van der Waals surface area contributed by atoms with Gasteiger partial charge in [0.15, 0.2) is 0 Å². The Labute approximate surface area is 109 Å². The summed E-state index contributed by atoms with van der Waals surface area (Å²) in [6.45, 7) is 2.09. The van der Waals surface area contributed by atoms with E-state index in [4.69, 9.17) is 0 Å². The van der Waals surface area contributed by atoms with Crippen molar-refractivity contribution in [3.05, 3.63) is 35.4 Å². The number of hydrogen-bond acceptors (Lipinski definition) is 3. The number of benzene rings is 1. The first-order valence-electron chi connectivity index (χ1n) is 5.82. The molecule has 106 valence electrons. The van der Waals surface area contributed by atoms with E-state index < -0.39 is 11.7 Å². The van der Waals surface area contributed by atoms with Crippen molar-refractivity contribution in [2.45, 2.75) is 25.6 Å². The Bertz CT molecular complexity index is 432. The molecule has 1 rings (SSSR count). The van der Waals surface area contributed by atoms with Gasteiger partial charge in [0.05, 0.1) is 19.1 Å². The summed E-state index contributed by atoms with van der Waals surface area (Å²) in [4.78, 5) is 10.9. The highest BCUT2D eigenvalue weighted by Crippen LogP contribution is 2.30. The van der Waals surface area contributed by atoms with Crippen LogP contribution in [0.4, 0.5) is 13.2 Å². The van der Waals surface area contributed by atoms with Gasteiger partial charge in [-0.05, 0) is 24.6 Å². The van der Waals surface area contributed by atoms with E-state index in [0.29, 0.717) is 12.1 Å². The summed E-state index contributed by atoms with van der Waals surface area (Å²) in [5.41, 5.74) is -0.147. The molecular formula is C13H16F3NO2. The summed E-state index contributed by atoms with van der Waals surface area (Å²) >= 11 is 0. The molecule has 0 radical (unpaired) electrons. The van der Waals surface area contributed by atoms with Gasteiger partial charge in [-0.2, -0.15) is 13.2 Å². The Kier molecular flexibility index (Phi) is 5.35. The van der Waals surface area contributed by atoms with Gasteiger partial charge in [0, 0.05) is 12.6 Å². The third kappa shape index (κ3) is 4.90. The minimum atomic E-state index is -4.35. The van der Waals surface area contributed by atoms with Crippen LogP contribution in [0.25, 0.3) is 0 Å². The maximum Gasteiger partial charge on any atom is 0.416 e. The molecule has 0 saturated carbocycles. The van der Waals surface area contributed by atoms with E-state index >= 15 is 0 Å². The molecular weight excluding hydrogens is 259 g/mol. The zero-order valence-electron chi connectivity index (χ0n) is 10.8. The van der Waals surface area contributed by atoms with Gasteiger partial charge in [0.25, 0.3) is 0 Å². The molecule has 0 heterocycles. The van der Waals surface area contributed by atoms with E-state index in [2.05, 4.69) is 10.1 Å². The van der Waals surface area contributed by atoms with Crippen LogP contribution in [0.1, 0.15) is 30.5 Å². The van der Waals surface area contributed by atoms with Gasteiger partial charge in [-0.15, -0.1) is 0 Å². The van der Waals surface area contributed by atoms with Crippen LogP contribution in [0.15, 0.2) is 24.3 Å². The van der Waals surface area contributed by atoms with Crippen LogP contribution in [0.2, 0.25) is 0 Å². The second-order valence-electron chi connectivity index (χ2n) is 4.13. The molecule has 0 aliphatic rings. The molecule has 0 saturated heterocycles. The molecule has 0 bridgehead atoms. The predicted molar refractivity (Wildman–Crippen MR) is 64.5 cm³/mol. The number of rotatable bonds is 5. The van der Waals surface area contributed by atoms with Crippen LogP contribution in [-0.2, 0) is 15.7 Å². The van der Waals surface area contributed by atoms with E-state index in [1.165, 1.54) is 13.2 Å². The van der Waals surface area contributed by atoms with Crippen LogP contribution in [0.3, 0.4) is 0 Å². The number of esters is 1. The summed E-state index contributed by atoms with van der Waals surface area (Å²) in [5, 5.41) is 2.97. The molecule has 1 aromatic carbocycles. The maximum atomic E-state index is 12.6. The molecule has 1 N–H and O–H groups in total. The van der Waals surface area contributed by atoms with E-state index in [1.807, 2.05) is 0 Å². The first-order chi connectivity index (χ1) is 8.84. The summed E-state index contributed by atoms with van der Waals surface area (Å²) in [5.74, 6) is -0.358. The van der Waals surface area contributed by atoms with Crippen molar-refractivity contribution in [2.75, 3.05) is 13.7 Å². The van der Waals surface area contributed by atoms with Crippen molar-refractivity contribution < 1.29 is 22.7 Å². The van der Waals surface area contributed by atoms with Crippen LogP contribution >= 0.6 is 0 Å². The van der Waals surface area contributed by atoms with E-state index in [-0.39, 0.29) is 18.4 Å². The minimum absolute atomic E-state index is 0.180. The number of alkyl halides is 3. The van der Waals surface area contributed by atoms with Gasteiger partial charge in [-0.25, -0.2) is 0 Å². The van der Waals surface area contributed by atoms with Gasteiger partial charge in [0.1, 0.15) is 0 Å². The van der Waals surface area contributed by atoms with E-state index in [9.17, 15) is 18.0 Å². The molecule has 0 fully saturated rings. The van der Waals surface area contributed by atoms with Crippen LogP contribution in [0.5, 0.6) is 0 Å². The molecule has 0 aliphatic carbocycles. The standard InChI is InChI=1S/C13H16F3NO2/c1-9(17-7-6-12(18)19-2)10-4-3-5-11(8-10)13(14,15)16/h3-5,8-9,17H,6-7H2,1-2H3. The molecule has 0 aromatic heterocycles. The highest BCUT2D eigenvalue weighted by molar-refractivity contribution is 5.69. The highest BCUT2D eigenvalue weighted by Gasteiger charge is 2.30. The van der Waals surface area contributed by atoms with Crippen molar-refractivity contribution in [1.82, 2.24) is 5.32 Å². The largest absolute Gasteiger partial charge is 0.469 e. The molecule has 3 nitrogen and oxygen atoms in total. The quantitative estimate of drug-likeness (QED) is 0.840. The molecule has 0 aliphatic heterocycles. The number of carbonyl (C=O) groups excluding carboxylic acids is 1. The Hall–Kier alpha value is -1.56. The van der Waals surface area contributed by atoms with E-state index in [1.54, 1.807) is 13.0 Å². The first-order valence-corrected chi connectivity index (χ1v) is 5.82. The third-order valence-electron chi connectivity index (χ3n) is 2.72. The van der Waals surface area contributed by atoms with Crippen molar-refractivity contribution in [3.8, 4) is 0 Å². The maximum absolute atomic E-state index is 12.6. The second-order valence-corrected chi connectivity index (χ2v) is 4.13. The fourth-order valence-corrected chi connectivity index (χ4v) is 1.59. The fourth-order valence-electron chi connectivity index (χ4n) is 1.59. The summed E-state index contributed by atoms with van der Waals surface area (Å²) < 4.78 is 42.1. The second kappa shape index (κ2) is 6.56. The van der Waals surface area contributed by atoms with Gasteiger partial charge in [0.2, 0.25) is 0 Å². The zero-order valence-corrected chi connectivity index (χ0v) is 10.8. The minimum Gasteiger partial charge on any atom is -0.469 e. The van der Waals surface area contributed by atoms with Crippen LogP contribution in [-0.4, -0.2) is 19.6 Å². The molecule has 1 aromatic rings. The highest BCUT2D eigenvalue weighted by atomic mass is 19.4. The molecule has 0 spiro atoms.